The van der Waals surface area contributed by atoms with Gasteiger partial charge in [0.1, 0.15) is 11.6 Å². The minimum atomic E-state index is -4.09. The van der Waals surface area contributed by atoms with Crippen LogP contribution < -0.4 is 4.90 Å². The number of oxazole rings is 1. The smallest absolute Gasteiger partial charge is 0.236 e. The van der Waals surface area contributed by atoms with Gasteiger partial charge in [-0.1, -0.05) is 25.5 Å². The Labute approximate surface area is 174 Å². The van der Waals surface area contributed by atoms with E-state index < -0.39 is 21.5 Å². The second-order valence-corrected chi connectivity index (χ2v) is 9.27. The van der Waals surface area contributed by atoms with E-state index in [0.29, 0.717) is 19.0 Å². The molecule has 0 N–H and O–H groups in total. The fourth-order valence-electron chi connectivity index (χ4n) is 3.69. The summed E-state index contributed by atoms with van der Waals surface area (Å²) in [5, 5.41) is -0.276. The van der Waals surface area contributed by atoms with Gasteiger partial charge in [0.25, 0.3) is 0 Å². The molecule has 0 atom stereocenters. The molecule has 1 fully saturated rings. The molecule has 3 aromatic rings. The number of halogens is 2. The Balaban J connectivity index is 1.82. The monoisotopic (exact) mass is 432 g/mol. The second kappa shape index (κ2) is 8.18. The normalized spacial score (nSPS) is 15.5. The van der Waals surface area contributed by atoms with E-state index in [0.717, 1.165) is 31.4 Å². The van der Waals surface area contributed by atoms with Crippen LogP contribution in [-0.2, 0) is 9.84 Å². The van der Waals surface area contributed by atoms with E-state index in [1.165, 1.54) is 30.3 Å². The average molecular weight is 432 g/mol. The zero-order valence-electron chi connectivity index (χ0n) is 16.5. The maximum absolute atomic E-state index is 14.3. The molecule has 0 aliphatic carbocycles. The molecule has 30 heavy (non-hydrogen) atoms. The minimum Gasteiger partial charge on any atom is -0.419 e. The number of sulfone groups is 1. The standard InChI is InChI=1S/C22H22F2N2O3S/c1-2-15-11-13-26(14-12-15)22-21(30(27,28)17-9-7-16(23)8-10-17)25-20(29-22)18-5-3-4-6-19(18)24/h3-10,15H,2,11-14H2,1H3. The Morgan fingerprint density at radius 2 is 1.73 bits per heavy atom. The third-order valence-electron chi connectivity index (χ3n) is 5.54. The molecule has 0 spiro atoms. The first kappa shape index (κ1) is 20.5. The fraction of sp³-hybridized carbons (Fsp3) is 0.318. The van der Waals surface area contributed by atoms with E-state index in [9.17, 15) is 17.2 Å². The number of rotatable bonds is 5. The lowest BCUT2D eigenvalue weighted by Gasteiger charge is -2.31. The topological polar surface area (TPSA) is 63.4 Å². The summed E-state index contributed by atoms with van der Waals surface area (Å²) in [4.78, 5) is 5.95. The molecule has 0 unspecified atom stereocenters. The quantitative estimate of drug-likeness (QED) is 0.526. The van der Waals surface area contributed by atoms with Crippen LogP contribution in [0.1, 0.15) is 26.2 Å². The van der Waals surface area contributed by atoms with Gasteiger partial charge in [0.2, 0.25) is 26.6 Å². The Kier molecular flexibility index (Phi) is 5.60. The molecule has 4 rings (SSSR count). The molecule has 8 heteroatoms. The summed E-state index contributed by atoms with van der Waals surface area (Å²) in [6.45, 7) is 3.38. The maximum atomic E-state index is 14.3. The highest BCUT2D eigenvalue weighted by atomic mass is 32.2. The number of nitrogens with zero attached hydrogens (tertiary/aromatic N) is 2. The molecular formula is C22H22F2N2O3S. The Morgan fingerprint density at radius 3 is 2.37 bits per heavy atom. The lowest BCUT2D eigenvalue weighted by Crippen LogP contribution is -2.34. The predicted molar refractivity (Wildman–Crippen MR) is 109 cm³/mol. The van der Waals surface area contributed by atoms with Crippen LogP contribution in [0.3, 0.4) is 0 Å². The van der Waals surface area contributed by atoms with Gasteiger partial charge in [-0.05, 0) is 55.2 Å². The minimum absolute atomic E-state index is 0.0859. The zero-order chi connectivity index (χ0) is 21.3. The molecule has 2 heterocycles. The second-order valence-electron chi connectivity index (χ2n) is 7.41. The van der Waals surface area contributed by atoms with Gasteiger partial charge in [0.15, 0.2) is 0 Å². The number of benzene rings is 2. The third-order valence-corrected chi connectivity index (χ3v) is 7.21. The van der Waals surface area contributed by atoms with Gasteiger partial charge < -0.3 is 9.32 Å². The molecule has 158 valence electrons. The molecule has 1 aromatic heterocycles. The van der Waals surface area contributed by atoms with Crippen molar-refractivity contribution in [2.24, 2.45) is 5.92 Å². The lowest BCUT2D eigenvalue weighted by molar-refractivity contribution is 0.380. The van der Waals surface area contributed by atoms with Crippen molar-refractivity contribution < 1.29 is 21.6 Å². The van der Waals surface area contributed by atoms with Crippen molar-refractivity contribution in [2.45, 2.75) is 36.1 Å². The van der Waals surface area contributed by atoms with Gasteiger partial charge in [0.05, 0.1) is 10.5 Å². The highest BCUT2D eigenvalue weighted by Gasteiger charge is 2.33. The summed E-state index contributed by atoms with van der Waals surface area (Å²) in [5.41, 5.74) is 0.0859. The first-order chi connectivity index (χ1) is 14.4. The molecule has 1 saturated heterocycles. The molecule has 5 nitrogen and oxygen atoms in total. The van der Waals surface area contributed by atoms with E-state index in [1.807, 2.05) is 4.90 Å². The highest BCUT2D eigenvalue weighted by molar-refractivity contribution is 7.91. The molecule has 1 aliphatic rings. The molecular weight excluding hydrogens is 410 g/mol. The van der Waals surface area contributed by atoms with E-state index >= 15 is 0 Å². The molecule has 0 amide bonds. The molecule has 1 aliphatic heterocycles. The van der Waals surface area contributed by atoms with Crippen LogP contribution in [0.2, 0.25) is 0 Å². The number of piperidine rings is 1. The SMILES string of the molecule is CCC1CCN(c2oc(-c3ccccc3F)nc2S(=O)(=O)c2ccc(F)cc2)CC1. The van der Waals surface area contributed by atoms with E-state index in [4.69, 9.17) is 4.42 Å². The summed E-state index contributed by atoms with van der Waals surface area (Å²) in [7, 11) is -4.09. The summed E-state index contributed by atoms with van der Waals surface area (Å²) in [6, 6.07) is 10.5. The van der Waals surface area contributed by atoms with E-state index in [1.54, 1.807) is 6.07 Å². The fourth-order valence-corrected chi connectivity index (χ4v) is 5.01. The van der Waals surface area contributed by atoms with Crippen LogP contribution in [0.5, 0.6) is 0 Å². The van der Waals surface area contributed by atoms with Crippen molar-refractivity contribution in [3.63, 3.8) is 0 Å². The number of hydrogen-bond acceptors (Lipinski definition) is 5. The summed E-state index contributed by atoms with van der Waals surface area (Å²) < 4.78 is 60.1. The van der Waals surface area contributed by atoms with Crippen molar-refractivity contribution in [1.82, 2.24) is 4.98 Å². The van der Waals surface area contributed by atoms with Crippen LogP contribution in [0.25, 0.3) is 11.5 Å². The van der Waals surface area contributed by atoms with Gasteiger partial charge in [-0.15, -0.1) is 0 Å². The van der Waals surface area contributed by atoms with Crippen LogP contribution in [0, 0.1) is 17.6 Å². The van der Waals surface area contributed by atoms with Crippen molar-refractivity contribution in [1.29, 1.82) is 0 Å². The Hall–Kier alpha value is -2.74. The molecule has 0 saturated carbocycles. The van der Waals surface area contributed by atoms with Gasteiger partial charge in [-0.3, -0.25) is 0 Å². The largest absolute Gasteiger partial charge is 0.419 e. The van der Waals surface area contributed by atoms with Crippen molar-refractivity contribution in [2.75, 3.05) is 18.0 Å². The first-order valence-corrected chi connectivity index (χ1v) is 11.4. The molecule has 0 bridgehead atoms. The predicted octanol–water partition coefficient (Wildman–Crippen LogP) is 5.08. The number of hydrogen-bond donors (Lipinski definition) is 0. The summed E-state index contributed by atoms with van der Waals surface area (Å²) in [6.07, 6.45) is 2.87. The summed E-state index contributed by atoms with van der Waals surface area (Å²) >= 11 is 0. The van der Waals surface area contributed by atoms with Crippen LogP contribution in [0.4, 0.5) is 14.7 Å². The highest BCUT2D eigenvalue weighted by Crippen LogP contribution is 2.37. The van der Waals surface area contributed by atoms with E-state index in [2.05, 4.69) is 11.9 Å². The van der Waals surface area contributed by atoms with Crippen molar-refractivity contribution in [3.05, 3.63) is 60.2 Å². The lowest BCUT2D eigenvalue weighted by atomic mass is 9.95. The van der Waals surface area contributed by atoms with E-state index in [-0.39, 0.29) is 27.3 Å². The Bertz CT molecular complexity index is 1140. The van der Waals surface area contributed by atoms with Gasteiger partial charge in [-0.2, -0.15) is 4.98 Å². The third kappa shape index (κ3) is 3.84. The van der Waals surface area contributed by atoms with Crippen LogP contribution >= 0.6 is 0 Å². The van der Waals surface area contributed by atoms with Gasteiger partial charge in [0, 0.05) is 13.1 Å². The summed E-state index contributed by atoms with van der Waals surface area (Å²) in [5.74, 6) is -0.510. The molecule has 0 radical (unpaired) electrons. The molecule has 2 aromatic carbocycles. The van der Waals surface area contributed by atoms with Crippen LogP contribution in [0.15, 0.2) is 62.9 Å². The maximum Gasteiger partial charge on any atom is 0.236 e. The van der Waals surface area contributed by atoms with Gasteiger partial charge in [-0.25, -0.2) is 17.2 Å². The zero-order valence-corrected chi connectivity index (χ0v) is 17.3. The van der Waals surface area contributed by atoms with Crippen molar-refractivity contribution in [3.8, 4) is 11.5 Å². The average Bonchev–Trinajstić information content (AvgIpc) is 3.20. The number of aromatic nitrogens is 1. The van der Waals surface area contributed by atoms with Crippen molar-refractivity contribution >= 4 is 15.7 Å². The van der Waals surface area contributed by atoms with Crippen LogP contribution in [-0.4, -0.2) is 26.5 Å². The first-order valence-electron chi connectivity index (χ1n) is 9.91. The Morgan fingerprint density at radius 1 is 1.07 bits per heavy atom. The number of anilines is 1. The van der Waals surface area contributed by atoms with Gasteiger partial charge >= 0.3 is 0 Å².